The van der Waals surface area contributed by atoms with Crippen LogP contribution in [0.5, 0.6) is 0 Å². The first-order valence-electron chi connectivity index (χ1n) is 6.16. The van der Waals surface area contributed by atoms with Crippen LogP contribution in [0.1, 0.15) is 25.8 Å². The van der Waals surface area contributed by atoms with Crippen molar-refractivity contribution in [1.82, 2.24) is 4.72 Å². The fourth-order valence-electron chi connectivity index (χ4n) is 1.77. The molecule has 108 valence electrons. The van der Waals surface area contributed by atoms with Gasteiger partial charge in [-0.2, -0.15) is 0 Å². The van der Waals surface area contributed by atoms with E-state index in [2.05, 4.69) is 4.72 Å². The van der Waals surface area contributed by atoms with Gasteiger partial charge in [0.15, 0.2) is 0 Å². The lowest BCUT2D eigenvalue weighted by Gasteiger charge is -2.15. The summed E-state index contributed by atoms with van der Waals surface area (Å²) in [4.78, 5) is -0.0933. The molecule has 0 radical (unpaired) electrons. The Morgan fingerprint density at radius 2 is 2.00 bits per heavy atom. The van der Waals surface area contributed by atoms with E-state index in [1.807, 2.05) is 13.8 Å². The van der Waals surface area contributed by atoms with Crippen LogP contribution in [0.25, 0.3) is 0 Å². The van der Waals surface area contributed by atoms with Crippen LogP contribution in [0, 0.1) is 18.7 Å². The maximum Gasteiger partial charge on any atom is 0.241 e. The minimum absolute atomic E-state index is 0.0729. The van der Waals surface area contributed by atoms with Crippen molar-refractivity contribution < 1.29 is 17.9 Å². The summed E-state index contributed by atoms with van der Waals surface area (Å²) in [7, 11) is -3.79. The molecular weight excluding hydrogens is 269 g/mol. The summed E-state index contributed by atoms with van der Waals surface area (Å²) < 4.78 is 39.4. The van der Waals surface area contributed by atoms with E-state index in [0.717, 1.165) is 6.07 Å². The van der Waals surface area contributed by atoms with Gasteiger partial charge in [-0.25, -0.2) is 17.5 Å². The van der Waals surface area contributed by atoms with Crippen LogP contribution in [0.4, 0.5) is 4.39 Å². The highest BCUT2D eigenvalue weighted by molar-refractivity contribution is 7.89. The van der Waals surface area contributed by atoms with E-state index in [-0.39, 0.29) is 17.4 Å². The van der Waals surface area contributed by atoms with Crippen LogP contribution in [0.2, 0.25) is 0 Å². The topological polar surface area (TPSA) is 66.4 Å². The van der Waals surface area contributed by atoms with Gasteiger partial charge in [0.25, 0.3) is 0 Å². The molecular formula is C13H20FNO3S. The molecule has 1 unspecified atom stereocenters. The molecule has 4 nitrogen and oxygen atoms in total. The van der Waals surface area contributed by atoms with Crippen LogP contribution in [0.15, 0.2) is 23.1 Å². The first-order valence-corrected chi connectivity index (χ1v) is 7.64. The number of sulfonamides is 1. The second-order valence-corrected chi connectivity index (χ2v) is 6.78. The second kappa shape index (κ2) is 6.45. The Morgan fingerprint density at radius 1 is 1.37 bits per heavy atom. The number of hydrogen-bond acceptors (Lipinski definition) is 3. The number of aliphatic hydroxyl groups excluding tert-OH is 1. The molecule has 6 heteroatoms. The Balaban J connectivity index is 2.79. The molecule has 0 saturated carbocycles. The molecule has 1 aromatic rings. The smallest absolute Gasteiger partial charge is 0.241 e. The average molecular weight is 289 g/mol. The predicted molar refractivity (Wildman–Crippen MR) is 71.8 cm³/mol. The average Bonchev–Trinajstić information content (AvgIpc) is 2.29. The van der Waals surface area contributed by atoms with Gasteiger partial charge in [-0.15, -0.1) is 0 Å². The summed E-state index contributed by atoms with van der Waals surface area (Å²) in [5.74, 6) is -0.330. The monoisotopic (exact) mass is 289 g/mol. The van der Waals surface area contributed by atoms with Gasteiger partial charge in [0.05, 0.1) is 11.0 Å². The van der Waals surface area contributed by atoms with Gasteiger partial charge < -0.3 is 5.11 Å². The molecule has 1 rings (SSSR count). The maximum absolute atomic E-state index is 13.1. The minimum Gasteiger partial charge on any atom is -0.392 e. The highest BCUT2D eigenvalue weighted by Gasteiger charge is 2.19. The lowest BCUT2D eigenvalue weighted by Crippen LogP contribution is -2.33. The molecule has 1 aromatic carbocycles. The van der Waals surface area contributed by atoms with Gasteiger partial charge in [-0.1, -0.05) is 19.9 Å². The van der Waals surface area contributed by atoms with Crippen LogP contribution >= 0.6 is 0 Å². The Morgan fingerprint density at radius 3 is 2.58 bits per heavy atom. The van der Waals surface area contributed by atoms with Gasteiger partial charge in [0.1, 0.15) is 5.82 Å². The van der Waals surface area contributed by atoms with Crippen molar-refractivity contribution in [3.05, 3.63) is 29.6 Å². The summed E-state index contributed by atoms with van der Waals surface area (Å²) in [5.41, 5.74) is 0.465. The highest BCUT2D eigenvalue weighted by atomic mass is 32.2. The summed E-state index contributed by atoms with van der Waals surface area (Å²) >= 11 is 0. The van der Waals surface area contributed by atoms with Crippen molar-refractivity contribution in [2.24, 2.45) is 5.92 Å². The quantitative estimate of drug-likeness (QED) is 0.839. The third kappa shape index (κ3) is 4.89. The van der Waals surface area contributed by atoms with Gasteiger partial charge >= 0.3 is 0 Å². The van der Waals surface area contributed by atoms with Crippen molar-refractivity contribution in [1.29, 1.82) is 0 Å². The molecule has 0 aliphatic carbocycles. The van der Waals surface area contributed by atoms with Crippen LogP contribution in [0.3, 0.4) is 0 Å². The molecule has 2 N–H and O–H groups in total. The van der Waals surface area contributed by atoms with Crippen molar-refractivity contribution >= 4 is 10.0 Å². The van der Waals surface area contributed by atoms with Crippen LogP contribution in [-0.2, 0) is 10.0 Å². The van der Waals surface area contributed by atoms with E-state index in [9.17, 15) is 17.9 Å². The number of benzene rings is 1. The van der Waals surface area contributed by atoms with Gasteiger partial charge in [-0.3, -0.25) is 0 Å². The van der Waals surface area contributed by atoms with Crippen molar-refractivity contribution in [2.75, 3.05) is 6.54 Å². The van der Waals surface area contributed by atoms with Crippen molar-refractivity contribution in [3.63, 3.8) is 0 Å². The standard InChI is InChI=1S/C13H20FNO3S/c1-9(2)6-12(16)8-15-19(17,18)13-7-11(14)5-4-10(13)3/h4-5,7,9,12,15-16H,6,8H2,1-3H3. The van der Waals surface area contributed by atoms with Crippen molar-refractivity contribution in [3.8, 4) is 0 Å². The van der Waals surface area contributed by atoms with Gasteiger partial charge in [0.2, 0.25) is 10.0 Å². The lowest BCUT2D eigenvalue weighted by molar-refractivity contribution is 0.152. The molecule has 0 spiro atoms. The van der Waals surface area contributed by atoms with Gasteiger partial charge in [0, 0.05) is 6.54 Å². The largest absolute Gasteiger partial charge is 0.392 e. The zero-order valence-electron chi connectivity index (χ0n) is 11.4. The summed E-state index contributed by atoms with van der Waals surface area (Å²) in [5, 5.41) is 9.65. The molecule has 0 aliphatic rings. The first-order chi connectivity index (χ1) is 8.72. The number of hydrogen-bond donors (Lipinski definition) is 2. The van der Waals surface area contributed by atoms with E-state index < -0.39 is 21.9 Å². The second-order valence-electron chi connectivity index (χ2n) is 5.05. The lowest BCUT2D eigenvalue weighted by atomic mass is 10.1. The first kappa shape index (κ1) is 16.1. The Hall–Kier alpha value is -0.980. The number of aryl methyl sites for hydroxylation is 1. The Bertz CT molecular complexity index is 529. The molecule has 0 saturated heterocycles. The summed E-state index contributed by atoms with van der Waals surface area (Å²) in [6, 6.07) is 3.60. The zero-order chi connectivity index (χ0) is 14.6. The maximum atomic E-state index is 13.1. The molecule has 0 aromatic heterocycles. The van der Waals surface area contributed by atoms with E-state index in [1.54, 1.807) is 6.92 Å². The molecule has 0 aliphatic heterocycles. The molecule has 1 atom stereocenters. The van der Waals surface area contributed by atoms with E-state index in [0.29, 0.717) is 12.0 Å². The van der Waals surface area contributed by atoms with Gasteiger partial charge in [-0.05, 0) is 37.0 Å². The third-order valence-corrected chi connectivity index (χ3v) is 4.26. The molecule has 19 heavy (non-hydrogen) atoms. The fourth-order valence-corrected chi connectivity index (χ4v) is 3.10. The molecule has 0 bridgehead atoms. The van der Waals surface area contributed by atoms with Crippen LogP contribution in [-0.4, -0.2) is 26.2 Å². The zero-order valence-corrected chi connectivity index (χ0v) is 12.2. The summed E-state index contributed by atoms with van der Waals surface area (Å²) in [6.45, 7) is 5.40. The fraction of sp³-hybridized carbons (Fsp3) is 0.538. The molecule has 0 heterocycles. The van der Waals surface area contributed by atoms with Crippen LogP contribution < -0.4 is 4.72 Å². The highest BCUT2D eigenvalue weighted by Crippen LogP contribution is 2.16. The molecule has 0 amide bonds. The summed E-state index contributed by atoms with van der Waals surface area (Å²) in [6.07, 6.45) is -0.242. The number of halogens is 1. The van der Waals surface area contributed by atoms with E-state index in [1.165, 1.54) is 12.1 Å². The number of aliphatic hydroxyl groups is 1. The number of nitrogens with one attached hydrogen (secondary N) is 1. The van der Waals surface area contributed by atoms with E-state index in [4.69, 9.17) is 0 Å². The normalized spacial score (nSPS) is 13.8. The third-order valence-electron chi connectivity index (χ3n) is 2.69. The number of rotatable bonds is 6. The van der Waals surface area contributed by atoms with E-state index >= 15 is 0 Å². The Kier molecular flexibility index (Phi) is 5.46. The Labute approximate surface area is 113 Å². The SMILES string of the molecule is Cc1ccc(F)cc1S(=O)(=O)NCC(O)CC(C)C. The predicted octanol–water partition coefficient (Wildman–Crippen LogP) is 1.82. The molecule has 0 fully saturated rings. The van der Waals surface area contributed by atoms with Crippen molar-refractivity contribution in [2.45, 2.75) is 38.2 Å². The minimum atomic E-state index is -3.79.